The van der Waals surface area contributed by atoms with Crippen LogP contribution >= 0.6 is 0 Å². The number of methoxy groups -OCH3 is 1. The molecule has 1 heterocycles. The van der Waals surface area contributed by atoms with Crippen LogP contribution in [0, 0.1) is 0 Å². The van der Waals surface area contributed by atoms with Crippen LogP contribution in [0.15, 0.2) is 54.6 Å². The third-order valence-electron chi connectivity index (χ3n) is 4.93. The van der Waals surface area contributed by atoms with E-state index < -0.39 is 0 Å². The third-order valence-corrected chi connectivity index (χ3v) is 4.93. The first-order chi connectivity index (χ1) is 13.1. The molecule has 5 heteroatoms. The van der Waals surface area contributed by atoms with Gasteiger partial charge in [0.25, 0.3) is 0 Å². The van der Waals surface area contributed by atoms with E-state index in [9.17, 15) is 9.59 Å². The smallest absolute Gasteiger partial charge is 0.226 e. The fourth-order valence-corrected chi connectivity index (χ4v) is 3.36. The molecule has 0 radical (unpaired) electrons. The van der Waals surface area contributed by atoms with Gasteiger partial charge in [0.15, 0.2) is 0 Å². The Morgan fingerprint density at radius 2 is 1.59 bits per heavy atom. The van der Waals surface area contributed by atoms with E-state index in [1.807, 2.05) is 59.5 Å². The molecule has 5 nitrogen and oxygen atoms in total. The number of nitrogens with one attached hydrogen (secondary N) is 1. The van der Waals surface area contributed by atoms with Crippen molar-refractivity contribution < 1.29 is 14.3 Å². The van der Waals surface area contributed by atoms with E-state index in [0.29, 0.717) is 25.9 Å². The highest BCUT2D eigenvalue weighted by molar-refractivity contribution is 5.80. The number of likely N-dealkylation sites (tertiary alicyclic amines) is 1. The van der Waals surface area contributed by atoms with Gasteiger partial charge in [-0.15, -0.1) is 0 Å². The molecule has 142 valence electrons. The van der Waals surface area contributed by atoms with E-state index in [-0.39, 0.29) is 17.9 Å². The summed E-state index contributed by atoms with van der Waals surface area (Å²) in [6.45, 7) is 1.37. The quantitative estimate of drug-likeness (QED) is 0.855. The van der Waals surface area contributed by atoms with Gasteiger partial charge in [0, 0.05) is 19.1 Å². The van der Waals surface area contributed by atoms with Gasteiger partial charge in [0.1, 0.15) is 5.75 Å². The molecular formula is C22H26N2O3. The van der Waals surface area contributed by atoms with Crippen LogP contribution in [-0.2, 0) is 22.4 Å². The van der Waals surface area contributed by atoms with Crippen molar-refractivity contribution in [3.05, 3.63) is 65.7 Å². The maximum Gasteiger partial charge on any atom is 0.226 e. The molecule has 0 atom stereocenters. The zero-order chi connectivity index (χ0) is 19.1. The Morgan fingerprint density at radius 3 is 2.22 bits per heavy atom. The molecule has 1 fully saturated rings. The van der Waals surface area contributed by atoms with E-state index >= 15 is 0 Å². The Bertz CT molecular complexity index is 751. The first kappa shape index (κ1) is 19.0. The molecule has 1 aliphatic heterocycles. The van der Waals surface area contributed by atoms with Crippen molar-refractivity contribution in [2.75, 3.05) is 20.2 Å². The maximum atomic E-state index is 12.5. The first-order valence-electron chi connectivity index (χ1n) is 9.38. The fourth-order valence-electron chi connectivity index (χ4n) is 3.36. The van der Waals surface area contributed by atoms with Crippen molar-refractivity contribution in [2.45, 2.75) is 31.7 Å². The molecule has 0 unspecified atom stereocenters. The molecule has 1 aliphatic rings. The summed E-state index contributed by atoms with van der Waals surface area (Å²) < 4.78 is 5.14. The van der Waals surface area contributed by atoms with Crippen molar-refractivity contribution in [1.82, 2.24) is 10.2 Å². The van der Waals surface area contributed by atoms with E-state index in [0.717, 1.165) is 29.7 Å². The molecular weight excluding hydrogens is 340 g/mol. The number of nitrogens with zero attached hydrogens (tertiary/aromatic N) is 1. The Labute approximate surface area is 160 Å². The third kappa shape index (κ3) is 5.58. The lowest BCUT2D eigenvalue weighted by Crippen LogP contribution is -2.47. The van der Waals surface area contributed by atoms with Gasteiger partial charge >= 0.3 is 0 Å². The monoisotopic (exact) mass is 366 g/mol. The van der Waals surface area contributed by atoms with E-state index in [1.165, 1.54) is 0 Å². The molecule has 0 saturated carbocycles. The highest BCUT2D eigenvalue weighted by atomic mass is 16.5. The number of amides is 2. The van der Waals surface area contributed by atoms with Crippen LogP contribution < -0.4 is 10.1 Å². The molecule has 0 bridgehead atoms. The average Bonchev–Trinajstić information content (AvgIpc) is 2.70. The number of hydrogen-bond acceptors (Lipinski definition) is 3. The molecule has 27 heavy (non-hydrogen) atoms. The van der Waals surface area contributed by atoms with Gasteiger partial charge in [-0.2, -0.15) is 0 Å². The normalized spacial score (nSPS) is 14.6. The molecule has 0 aromatic heterocycles. The maximum absolute atomic E-state index is 12.5. The van der Waals surface area contributed by atoms with Crippen LogP contribution in [0.4, 0.5) is 0 Å². The van der Waals surface area contributed by atoms with Crippen LogP contribution in [-0.4, -0.2) is 43.0 Å². The SMILES string of the molecule is COc1ccc(CC(=O)N2CCC(NC(=O)Cc3ccccc3)CC2)cc1. The van der Waals surface area contributed by atoms with Crippen LogP contribution in [0.5, 0.6) is 5.75 Å². The summed E-state index contributed by atoms with van der Waals surface area (Å²) in [5.74, 6) is 0.969. The Hall–Kier alpha value is -2.82. The van der Waals surface area contributed by atoms with Gasteiger partial charge in [0.05, 0.1) is 20.0 Å². The van der Waals surface area contributed by atoms with Gasteiger partial charge in [-0.25, -0.2) is 0 Å². The highest BCUT2D eigenvalue weighted by Gasteiger charge is 2.23. The molecule has 1 saturated heterocycles. The standard InChI is InChI=1S/C22H26N2O3/c1-27-20-9-7-18(8-10-20)16-22(26)24-13-11-19(12-14-24)23-21(25)15-17-5-3-2-4-6-17/h2-10,19H,11-16H2,1H3,(H,23,25). The van der Waals surface area contributed by atoms with Crippen molar-refractivity contribution in [2.24, 2.45) is 0 Å². The van der Waals surface area contributed by atoms with Gasteiger partial charge in [-0.3, -0.25) is 9.59 Å². The molecule has 3 rings (SSSR count). The molecule has 2 amide bonds. The molecule has 2 aromatic carbocycles. The van der Waals surface area contributed by atoms with E-state index in [2.05, 4.69) is 5.32 Å². The average molecular weight is 366 g/mol. The number of carbonyl (C=O) groups excluding carboxylic acids is 2. The molecule has 0 spiro atoms. The molecule has 1 N–H and O–H groups in total. The van der Waals surface area contributed by atoms with Crippen molar-refractivity contribution >= 4 is 11.8 Å². The largest absolute Gasteiger partial charge is 0.497 e. The second kappa shape index (κ2) is 9.21. The second-order valence-corrected chi connectivity index (χ2v) is 6.91. The van der Waals surface area contributed by atoms with Crippen LogP contribution in [0.3, 0.4) is 0 Å². The summed E-state index contributed by atoms with van der Waals surface area (Å²) >= 11 is 0. The number of hydrogen-bond donors (Lipinski definition) is 1. The van der Waals surface area contributed by atoms with E-state index in [1.54, 1.807) is 7.11 Å². The summed E-state index contributed by atoms with van der Waals surface area (Å²) in [5.41, 5.74) is 2.00. The minimum absolute atomic E-state index is 0.0456. The van der Waals surface area contributed by atoms with Gasteiger partial charge in [0.2, 0.25) is 11.8 Å². The van der Waals surface area contributed by atoms with E-state index in [4.69, 9.17) is 4.74 Å². The second-order valence-electron chi connectivity index (χ2n) is 6.91. The van der Waals surface area contributed by atoms with Crippen LogP contribution in [0.1, 0.15) is 24.0 Å². The van der Waals surface area contributed by atoms with Crippen LogP contribution in [0.2, 0.25) is 0 Å². The van der Waals surface area contributed by atoms with Crippen molar-refractivity contribution in [3.8, 4) is 5.75 Å². The lowest BCUT2D eigenvalue weighted by atomic mass is 10.0. The Morgan fingerprint density at radius 1 is 0.963 bits per heavy atom. The predicted molar refractivity (Wildman–Crippen MR) is 105 cm³/mol. The zero-order valence-electron chi connectivity index (χ0n) is 15.7. The highest BCUT2D eigenvalue weighted by Crippen LogP contribution is 2.15. The van der Waals surface area contributed by atoms with Gasteiger partial charge < -0.3 is 15.0 Å². The van der Waals surface area contributed by atoms with Gasteiger partial charge in [-0.1, -0.05) is 42.5 Å². The van der Waals surface area contributed by atoms with Crippen molar-refractivity contribution in [3.63, 3.8) is 0 Å². The fraction of sp³-hybridized carbons (Fsp3) is 0.364. The summed E-state index contributed by atoms with van der Waals surface area (Å²) in [4.78, 5) is 26.6. The Balaban J connectivity index is 1.42. The van der Waals surface area contributed by atoms with Gasteiger partial charge in [-0.05, 0) is 36.1 Å². The first-order valence-corrected chi connectivity index (χ1v) is 9.38. The topological polar surface area (TPSA) is 58.6 Å². The number of carbonyl (C=O) groups is 2. The summed E-state index contributed by atoms with van der Waals surface area (Å²) in [5, 5.41) is 3.10. The summed E-state index contributed by atoms with van der Waals surface area (Å²) in [6.07, 6.45) is 2.40. The minimum Gasteiger partial charge on any atom is -0.497 e. The predicted octanol–water partition coefficient (Wildman–Crippen LogP) is 2.59. The Kier molecular flexibility index (Phi) is 6.47. The molecule has 2 aromatic rings. The minimum atomic E-state index is 0.0456. The number of benzene rings is 2. The van der Waals surface area contributed by atoms with Crippen LogP contribution in [0.25, 0.3) is 0 Å². The lowest BCUT2D eigenvalue weighted by Gasteiger charge is -2.32. The number of piperidine rings is 1. The summed E-state index contributed by atoms with van der Waals surface area (Å²) in [7, 11) is 1.63. The zero-order valence-corrected chi connectivity index (χ0v) is 15.7. The summed E-state index contributed by atoms with van der Waals surface area (Å²) in [6, 6.07) is 17.5. The molecule has 0 aliphatic carbocycles. The lowest BCUT2D eigenvalue weighted by molar-refractivity contribution is -0.131. The number of rotatable bonds is 6. The number of ether oxygens (including phenoxy) is 1. The van der Waals surface area contributed by atoms with Crippen molar-refractivity contribution in [1.29, 1.82) is 0 Å².